The molecule has 0 saturated carbocycles. The van der Waals surface area contributed by atoms with Gasteiger partial charge in [-0.3, -0.25) is 4.79 Å². The topological polar surface area (TPSA) is 47.6 Å². The predicted molar refractivity (Wildman–Crippen MR) is 100 cm³/mol. The van der Waals surface area contributed by atoms with E-state index < -0.39 is 6.10 Å². The molecule has 2 unspecified atom stereocenters. The van der Waals surface area contributed by atoms with Gasteiger partial charge < -0.3 is 14.8 Å². The Hall–Kier alpha value is -2.20. The summed E-state index contributed by atoms with van der Waals surface area (Å²) in [6.07, 6.45) is 0.161. The Balaban J connectivity index is 2.04. The Morgan fingerprint density at radius 3 is 2.60 bits per heavy atom. The zero-order chi connectivity index (χ0) is 18.4. The molecule has 2 atom stereocenters. The molecule has 134 valence electrons. The molecule has 25 heavy (non-hydrogen) atoms. The highest BCUT2D eigenvalue weighted by atomic mass is 35.5. The van der Waals surface area contributed by atoms with Crippen LogP contribution in [0.3, 0.4) is 0 Å². The number of amides is 1. The van der Waals surface area contributed by atoms with Gasteiger partial charge in [0.25, 0.3) is 5.91 Å². The van der Waals surface area contributed by atoms with Crippen molar-refractivity contribution in [3.63, 3.8) is 0 Å². The summed E-state index contributed by atoms with van der Waals surface area (Å²) in [4.78, 5) is 12.5. The van der Waals surface area contributed by atoms with Crippen LogP contribution in [0.1, 0.15) is 37.4 Å². The van der Waals surface area contributed by atoms with E-state index in [9.17, 15) is 4.79 Å². The molecule has 2 aromatic carbocycles. The van der Waals surface area contributed by atoms with Gasteiger partial charge in [0.15, 0.2) is 6.10 Å². The highest BCUT2D eigenvalue weighted by molar-refractivity contribution is 6.30. The van der Waals surface area contributed by atoms with Gasteiger partial charge in [-0.05, 0) is 55.7 Å². The number of rotatable bonds is 7. The largest absolute Gasteiger partial charge is 0.496 e. The van der Waals surface area contributed by atoms with Gasteiger partial charge in [0.2, 0.25) is 0 Å². The lowest BCUT2D eigenvalue weighted by Gasteiger charge is -2.22. The zero-order valence-corrected chi connectivity index (χ0v) is 15.8. The third-order valence-electron chi connectivity index (χ3n) is 4.02. The standard InChI is InChI=1S/C20H24ClNO3/c1-5-18(15-9-10-19(24-4)13(2)11-15)22-20(23)14(3)25-17-8-6-7-16(21)12-17/h6-12,14,18H,5H2,1-4H3,(H,22,23). The quantitative estimate of drug-likeness (QED) is 0.778. The lowest BCUT2D eigenvalue weighted by Crippen LogP contribution is -2.38. The van der Waals surface area contributed by atoms with Crippen LogP contribution in [0.5, 0.6) is 11.5 Å². The van der Waals surface area contributed by atoms with Crippen molar-refractivity contribution in [2.45, 2.75) is 39.3 Å². The first-order valence-electron chi connectivity index (χ1n) is 8.31. The van der Waals surface area contributed by atoms with Crippen LogP contribution >= 0.6 is 11.6 Å². The minimum absolute atomic E-state index is 0.0810. The summed E-state index contributed by atoms with van der Waals surface area (Å²) < 4.78 is 11.0. The van der Waals surface area contributed by atoms with Crippen molar-refractivity contribution in [3.8, 4) is 11.5 Å². The zero-order valence-electron chi connectivity index (χ0n) is 15.0. The Labute approximate surface area is 154 Å². The third kappa shape index (κ3) is 5.13. The van der Waals surface area contributed by atoms with Gasteiger partial charge in [0.05, 0.1) is 13.2 Å². The number of hydrogen-bond acceptors (Lipinski definition) is 3. The first kappa shape index (κ1) is 19.1. The number of ether oxygens (including phenoxy) is 2. The van der Waals surface area contributed by atoms with E-state index in [1.54, 1.807) is 38.3 Å². The van der Waals surface area contributed by atoms with Crippen LogP contribution in [0.25, 0.3) is 0 Å². The predicted octanol–water partition coefficient (Wildman–Crippen LogP) is 4.69. The molecule has 0 aliphatic rings. The number of nitrogens with one attached hydrogen (secondary N) is 1. The molecule has 0 heterocycles. The van der Waals surface area contributed by atoms with Crippen LogP contribution in [0, 0.1) is 6.92 Å². The van der Waals surface area contributed by atoms with Crippen LogP contribution in [0.2, 0.25) is 5.02 Å². The molecule has 0 spiro atoms. The maximum Gasteiger partial charge on any atom is 0.261 e. The number of methoxy groups -OCH3 is 1. The van der Waals surface area contributed by atoms with E-state index in [0.29, 0.717) is 10.8 Å². The molecule has 2 aromatic rings. The molecular formula is C20H24ClNO3. The second kappa shape index (κ2) is 8.77. The average Bonchev–Trinajstić information content (AvgIpc) is 2.59. The summed E-state index contributed by atoms with van der Waals surface area (Å²) in [5.41, 5.74) is 2.08. The Kier molecular flexibility index (Phi) is 6.71. The number of benzene rings is 2. The Morgan fingerprint density at radius 2 is 2.00 bits per heavy atom. The van der Waals surface area contributed by atoms with E-state index >= 15 is 0 Å². The van der Waals surface area contributed by atoms with E-state index in [-0.39, 0.29) is 11.9 Å². The Morgan fingerprint density at radius 1 is 1.24 bits per heavy atom. The SMILES string of the molecule is CCC(NC(=O)C(C)Oc1cccc(Cl)c1)c1ccc(OC)c(C)c1. The maximum absolute atomic E-state index is 12.5. The first-order valence-corrected chi connectivity index (χ1v) is 8.69. The summed E-state index contributed by atoms with van der Waals surface area (Å²) in [6, 6.07) is 12.9. The molecule has 1 N–H and O–H groups in total. The lowest BCUT2D eigenvalue weighted by atomic mass is 10.0. The number of carbonyl (C=O) groups is 1. The van der Waals surface area contributed by atoms with E-state index in [4.69, 9.17) is 21.1 Å². The van der Waals surface area contributed by atoms with Crippen molar-refractivity contribution >= 4 is 17.5 Å². The van der Waals surface area contributed by atoms with Crippen LogP contribution in [-0.2, 0) is 4.79 Å². The van der Waals surface area contributed by atoms with Gasteiger partial charge in [-0.15, -0.1) is 0 Å². The second-order valence-corrected chi connectivity index (χ2v) is 6.35. The summed E-state index contributed by atoms with van der Waals surface area (Å²) in [7, 11) is 1.65. The van der Waals surface area contributed by atoms with Crippen molar-refractivity contribution < 1.29 is 14.3 Å². The Bertz CT molecular complexity index is 733. The van der Waals surface area contributed by atoms with Crippen molar-refractivity contribution in [1.82, 2.24) is 5.32 Å². The monoisotopic (exact) mass is 361 g/mol. The molecule has 1 amide bonds. The third-order valence-corrected chi connectivity index (χ3v) is 4.26. The highest BCUT2D eigenvalue weighted by Crippen LogP contribution is 2.24. The maximum atomic E-state index is 12.5. The van der Waals surface area contributed by atoms with Gasteiger partial charge in [-0.25, -0.2) is 0 Å². The fourth-order valence-corrected chi connectivity index (χ4v) is 2.81. The van der Waals surface area contributed by atoms with E-state index in [1.165, 1.54) is 0 Å². The van der Waals surface area contributed by atoms with Crippen LogP contribution in [0.4, 0.5) is 0 Å². The molecule has 2 rings (SSSR count). The van der Waals surface area contributed by atoms with Gasteiger partial charge in [0, 0.05) is 5.02 Å². The lowest BCUT2D eigenvalue weighted by molar-refractivity contribution is -0.128. The highest BCUT2D eigenvalue weighted by Gasteiger charge is 2.20. The molecule has 0 aliphatic heterocycles. The molecule has 0 aromatic heterocycles. The summed E-state index contributed by atoms with van der Waals surface area (Å²) in [5, 5.41) is 3.62. The van der Waals surface area contributed by atoms with E-state index in [1.807, 2.05) is 32.0 Å². The van der Waals surface area contributed by atoms with Crippen LogP contribution in [0.15, 0.2) is 42.5 Å². The summed E-state index contributed by atoms with van der Waals surface area (Å²) >= 11 is 5.94. The number of hydrogen-bond donors (Lipinski definition) is 1. The van der Waals surface area contributed by atoms with Crippen LogP contribution < -0.4 is 14.8 Å². The number of carbonyl (C=O) groups excluding carboxylic acids is 1. The summed E-state index contributed by atoms with van der Waals surface area (Å²) in [5.74, 6) is 1.24. The smallest absolute Gasteiger partial charge is 0.261 e. The van der Waals surface area contributed by atoms with E-state index in [0.717, 1.165) is 23.3 Å². The normalized spacial score (nSPS) is 13.0. The molecule has 4 nitrogen and oxygen atoms in total. The average molecular weight is 362 g/mol. The van der Waals surface area contributed by atoms with Crippen LogP contribution in [-0.4, -0.2) is 19.1 Å². The minimum atomic E-state index is -0.619. The van der Waals surface area contributed by atoms with Gasteiger partial charge in [0.1, 0.15) is 11.5 Å². The molecule has 0 aliphatic carbocycles. The first-order chi connectivity index (χ1) is 11.9. The molecule has 5 heteroatoms. The van der Waals surface area contributed by atoms with Crippen molar-refractivity contribution in [3.05, 3.63) is 58.6 Å². The molecule has 0 bridgehead atoms. The molecular weight excluding hydrogens is 338 g/mol. The van der Waals surface area contributed by atoms with Crippen molar-refractivity contribution in [2.24, 2.45) is 0 Å². The summed E-state index contributed by atoms with van der Waals surface area (Å²) in [6.45, 7) is 5.75. The minimum Gasteiger partial charge on any atom is -0.496 e. The number of aryl methyl sites for hydroxylation is 1. The second-order valence-electron chi connectivity index (χ2n) is 5.92. The fourth-order valence-electron chi connectivity index (χ4n) is 2.63. The fraction of sp³-hybridized carbons (Fsp3) is 0.350. The molecule has 0 fully saturated rings. The number of halogens is 1. The van der Waals surface area contributed by atoms with Gasteiger partial charge in [-0.1, -0.05) is 36.7 Å². The van der Waals surface area contributed by atoms with Gasteiger partial charge in [-0.2, -0.15) is 0 Å². The van der Waals surface area contributed by atoms with Crippen molar-refractivity contribution in [2.75, 3.05) is 7.11 Å². The molecule has 0 saturated heterocycles. The molecule has 0 radical (unpaired) electrons. The van der Waals surface area contributed by atoms with Gasteiger partial charge >= 0.3 is 0 Å². The van der Waals surface area contributed by atoms with E-state index in [2.05, 4.69) is 5.32 Å². The van der Waals surface area contributed by atoms with Crippen molar-refractivity contribution in [1.29, 1.82) is 0 Å².